The minimum Gasteiger partial charge on any atom is -0.489 e. The van der Waals surface area contributed by atoms with Gasteiger partial charge in [-0.3, -0.25) is 0 Å². The highest BCUT2D eigenvalue weighted by atomic mass is 35.5. The average Bonchev–Trinajstić information content (AvgIpc) is 2.54. The highest BCUT2D eigenvalue weighted by molar-refractivity contribution is 6.30. The molecular weight excluding hydrogens is 300 g/mol. The number of carbonyl (C=O) groups excluding carboxylic acids is 1. The van der Waals surface area contributed by atoms with Gasteiger partial charge in [0.15, 0.2) is 0 Å². The molecule has 0 radical (unpaired) electrons. The van der Waals surface area contributed by atoms with E-state index in [4.69, 9.17) is 16.3 Å². The number of benzene rings is 2. The molecule has 0 heterocycles. The van der Waals surface area contributed by atoms with E-state index in [0.717, 1.165) is 23.1 Å². The second kappa shape index (κ2) is 8.05. The summed E-state index contributed by atoms with van der Waals surface area (Å²) < 4.78 is 10.3. The first-order chi connectivity index (χ1) is 10.7. The summed E-state index contributed by atoms with van der Waals surface area (Å²) in [6, 6.07) is 14.9. The Bertz CT molecular complexity index is 658. The standard InChI is InChI=1S/C18H15ClO3/c1-2-21-18(20)12-7-14-5-10-17(11-6-14)22-13-15-3-8-16(19)9-4-15/h2-12H,1,13H2. The van der Waals surface area contributed by atoms with Crippen molar-refractivity contribution in [2.24, 2.45) is 0 Å². The van der Waals surface area contributed by atoms with Gasteiger partial charge in [0.25, 0.3) is 0 Å². The highest BCUT2D eigenvalue weighted by Crippen LogP contribution is 2.16. The molecule has 2 rings (SSSR count). The highest BCUT2D eigenvalue weighted by Gasteiger charge is 1.97. The topological polar surface area (TPSA) is 35.5 Å². The number of rotatable bonds is 6. The Balaban J connectivity index is 1.90. The van der Waals surface area contributed by atoms with Crippen molar-refractivity contribution in [3.8, 4) is 5.75 Å². The Kier molecular flexibility index (Phi) is 5.81. The van der Waals surface area contributed by atoms with Crippen molar-refractivity contribution >= 4 is 23.6 Å². The van der Waals surface area contributed by atoms with E-state index in [1.807, 2.05) is 48.5 Å². The van der Waals surface area contributed by atoms with Crippen LogP contribution in [-0.2, 0) is 16.1 Å². The Morgan fingerprint density at radius 3 is 2.41 bits per heavy atom. The van der Waals surface area contributed by atoms with Gasteiger partial charge in [0, 0.05) is 11.1 Å². The van der Waals surface area contributed by atoms with Gasteiger partial charge in [0.1, 0.15) is 12.4 Å². The van der Waals surface area contributed by atoms with Crippen LogP contribution in [0.4, 0.5) is 0 Å². The number of carbonyl (C=O) groups is 1. The number of hydrogen-bond acceptors (Lipinski definition) is 3. The number of halogens is 1. The minimum absolute atomic E-state index is 0.460. The van der Waals surface area contributed by atoms with Crippen LogP contribution in [-0.4, -0.2) is 5.97 Å². The van der Waals surface area contributed by atoms with Crippen LogP contribution in [0.5, 0.6) is 5.75 Å². The third-order valence-electron chi connectivity index (χ3n) is 2.81. The van der Waals surface area contributed by atoms with Crippen LogP contribution >= 0.6 is 11.6 Å². The lowest BCUT2D eigenvalue weighted by molar-refractivity contribution is -0.132. The zero-order valence-corrected chi connectivity index (χ0v) is 12.6. The van der Waals surface area contributed by atoms with Crippen LogP contribution in [0.3, 0.4) is 0 Å². The fourth-order valence-electron chi connectivity index (χ4n) is 1.71. The van der Waals surface area contributed by atoms with E-state index >= 15 is 0 Å². The zero-order chi connectivity index (χ0) is 15.8. The first-order valence-corrected chi connectivity index (χ1v) is 7.02. The molecule has 0 aliphatic heterocycles. The van der Waals surface area contributed by atoms with E-state index in [2.05, 4.69) is 11.3 Å². The van der Waals surface area contributed by atoms with Crippen molar-refractivity contribution < 1.29 is 14.3 Å². The molecule has 2 aromatic carbocycles. The summed E-state index contributed by atoms with van der Waals surface area (Å²) in [6.45, 7) is 3.79. The Labute approximate surface area is 134 Å². The fraction of sp³-hybridized carbons (Fsp3) is 0.0556. The molecule has 0 unspecified atom stereocenters. The summed E-state index contributed by atoms with van der Waals surface area (Å²) >= 11 is 5.83. The molecule has 0 N–H and O–H groups in total. The summed E-state index contributed by atoms with van der Waals surface area (Å²) in [5.41, 5.74) is 1.92. The van der Waals surface area contributed by atoms with Gasteiger partial charge in [-0.25, -0.2) is 4.79 Å². The molecule has 0 atom stereocenters. The Morgan fingerprint density at radius 2 is 1.77 bits per heavy atom. The van der Waals surface area contributed by atoms with Crippen LogP contribution < -0.4 is 4.74 Å². The molecule has 0 bridgehead atoms. The molecule has 0 saturated heterocycles. The van der Waals surface area contributed by atoms with Crippen LogP contribution in [0.2, 0.25) is 5.02 Å². The van der Waals surface area contributed by atoms with Gasteiger partial charge in [-0.05, 0) is 41.5 Å². The van der Waals surface area contributed by atoms with E-state index in [9.17, 15) is 4.79 Å². The van der Waals surface area contributed by atoms with Gasteiger partial charge in [-0.1, -0.05) is 42.4 Å². The van der Waals surface area contributed by atoms with Gasteiger partial charge in [0.2, 0.25) is 0 Å². The molecule has 0 fully saturated rings. The molecule has 0 aliphatic carbocycles. The van der Waals surface area contributed by atoms with Gasteiger partial charge in [-0.15, -0.1) is 0 Å². The molecule has 0 spiro atoms. The lowest BCUT2D eigenvalue weighted by Crippen LogP contribution is -1.95. The second-order valence-corrected chi connectivity index (χ2v) is 4.86. The number of ether oxygens (including phenoxy) is 2. The predicted molar refractivity (Wildman–Crippen MR) is 87.5 cm³/mol. The van der Waals surface area contributed by atoms with E-state index in [-0.39, 0.29) is 0 Å². The molecular formula is C18H15ClO3. The van der Waals surface area contributed by atoms with Gasteiger partial charge >= 0.3 is 5.97 Å². The number of hydrogen-bond donors (Lipinski definition) is 0. The Hall–Kier alpha value is -2.52. The van der Waals surface area contributed by atoms with Gasteiger partial charge < -0.3 is 9.47 Å². The van der Waals surface area contributed by atoms with Crippen LogP contribution in [0, 0.1) is 0 Å². The largest absolute Gasteiger partial charge is 0.489 e. The Morgan fingerprint density at radius 1 is 1.09 bits per heavy atom. The number of esters is 1. The zero-order valence-electron chi connectivity index (χ0n) is 11.9. The maximum absolute atomic E-state index is 11.2. The van der Waals surface area contributed by atoms with Crippen molar-refractivity contribution in [2.45, 2.75) is 6.61 Å². The third kappa shape index (κ3) is 5.11. The fourth-order valence-corrected chi connectivity index (χ4v) is 1.83. The van der Waals surface area contributed by atoms with Crippen molar-refractivity contribution in [2.75, 3.05) is 0 Å². The van der Waals surface area contributed by atoms with Crippen molar-refractivity contribution in [1.29, 1.82) is 0 Å². The normalized spacial score (nSPS) is 10.4. The minimum atomic E-state index is -0.460. The van der Waals surface area contributed by atoms with Gasteiger partial charge in [0.05, 0.1) is 6.26 Å². The monoisotopic (exact) mass is 314 g/mol. The second-order valence-electron chi connectivity index (χ2n) is 4.42. The van der Waals surface area contributed by atoms with Crippen LogP contribution in [0.1, 0.15) is 11.1 Å². The van der Waals surface area contributed by atoms with Gasteiger partial charge in [-0.2, -0.15) is 0 Å². The smallest absolute Gasteiger partial charge is 0.335 e. The molecule has 3 nitrogen and oxygen atoms in total. The molecule has 0 aromatic heterocycles. The summed E-state index contributed by atoms with van der Waals surface area (Å²) in [6.07, 6.45) is 4.10. The van der Waals surface area contributed by atoms with E-state index in [0.29, 0.717) is 11.6 Å². The van der Waals surface area contributed by atoms with E-state index in [1.54, 1.807) is 6.08 Å². The molecule has 2 aromatic rings. The summed E-state index contributed by atoms with van der Waals surface area (Å²) in [7, 11) is 0. The molecule has 22 heavy (non-hydrogen) atoms. The molecule has 4 heteroatoms. The van der Waals surface area contributed by atoms with Crippen molar-refractivity contribution in [3.05, 3.63) is 83.6 Å². The average molecular weight is 315 g/mol. The SMILES string of the molecule is C=COC(=O)C=Cc1ccc(OCc2ccc(Cl)cc2)cc1. The first-order valence-electron chi connectivity index (χ1n) is 6.64. The lowest BCUT2D eigenvalue weighted by atomic mass is 10.2. The molecule has 0 saturated carbocycles. The maximum Gasteiger partial charge on any atom is 0.335 e. The van der Waals surface area contributed by atoms with Crippen LogP contribution in [0.25, 0.3) is 6.08 Å². The van der Waals surface area contributed by atoms with Crippen molar-refractivity contribution in [1.82, 2.24) is 0 Å². The quantitative estimate of drug-likeness (QED) is 0.443. The molecule has 112 valence electrons. The summed E-state index contributed by atoms with van der Waals surface area (Å²) in [5, 5.41) is 0.704. The summed E-state index contributed by atoms with van der Waals surface area (Å²) in [4.78, 5) is 11.2. The molecule has 0 aliphatic rings. The lowest BCUT2D eigenvalue weighted by Gasteiger charge is -2.06. The predicted octanol–water partition coefficient (Wildman–Crippen LogP) is 4.62. The van der Waals surface area contributed by atoms with Crippen LogP contribution in [0.15, 0.2) is 67.4 Å². The molecule has 0 amide bonds. The van der Waals surface area contributed by atoms with Crippen molar-refractivity contribution in [3.63, 3.8) is 0 Å². The van der Waals surface area contributed by atoms with E-state index in [1.165, 1.54) is 6.08 Å². The van der Waals surface area contributed by atoms with E-state index < -0.39 is 5.97 Å². The maximum atomic E-state index is 11.2. The summed E-state index contributed by atoms with van der Waals surface area (Å²) in [5.74, 6) is 0.291. The first kappa shape index (κ1) is 15.9. The third-order valence-corrected chi connectivity index (χ3v) is 3.06.